The van der Waals surface area contributed by atoms with Crippen molar-refractivity contribution in [1.29, 1.82) is 0 Å². The highest BCUT2D eigenvalue weighted by atomic mass is 16.2. The van der Waals surface area contributed by atoms with E-state index in [9.17, 15) is 14.4 Å². The van der Waals surface area contributed by atoms with Gasteiger partial charge in [0.05, 0.1) is 0 Å². The Hall–Kier alpha value is -2.83. The molecule has 1 saturated carbocycles. The number of nitrogens with zero attached hydrogens (tertiary/aromatic N) is 2. The van der Waals surface area contributed by atoms with E-state index in [0.29, 0.717) is 18.5 Å². The molecule has 27 heavy (non-hydrogen) atoms. The van der Waals surface area contributed by atoms with Crippen molar-refractivity contribution in [2.24, 2.45) is 0 Å². The molecule has 4 amide bonds. The Labute approximate surface area is 157 Å². The predicted octanol–water partition coefficient (Wildman–Crippen LogP) is 2.85. The quantitative estimate of drug-likeness (QED) is 0.796. The maximum atomic E-state index is 12.6. The van der Waals surface area contributed by atoms with Crippen LogP contribution in [0.15, 0.2) is 30.5 Å². The SMILES string of the molecule is CCn1ccc2cc(NC(=O)CCN3C(=O)NC4(CCCC4)C3=O)ccc21. The minimum atomic E-state index is -0.717. The van der Waals surface area contributed by atoms with Crippen molar-refractivity contribution < 1.29 is 14.4 Å². The molecule has 2 aliphatic rings. The Morgan fingerprint density at radius 2 is 2.00 bits per heavy atom. The number of hydrogen-bond acceptors (Lipinski definition) is 3. The summed E-state index contributed by atoms with van der Waals surface area (Å²) in [5.74, 6) is -0.391. The Morgan fingerprint density at radius 1 is 1.22 bits per heavy atom. The number of fused-ring (bicyclic) bond motifs is 1. The Bertz CT molecular complexity index is 911. The highest BCUT2D eigenvalue weighted by Crippen LogP contribution is 2.35. The fourth-order valence-electron chi connectivity index (χ4n) is 4.19. The lowest BCUT2D eigenvalue weighted by Crippen LogP contribution is -2.44. The van der Waals surface area contributed by atoms with Crippen LogP contribution in [-0.2, 0) is 16.1 Å². The molecule has 0 radical (unpaired) electrons. The molecule has 2 fully saturated rings. The number of nitrogens with one attached hydrogen (secondary N) is 2. The molecule has 1 aromatic heterocycles. The van der Waals surface area contributed by atoms with Gasteiger partial charge in [0.15, 0.2) is 0 Å². The summed E-state index contributed by atoms with van der Waals surface area (Å²) in [6.45, 7) is 3.08. The van der Waals surface area contributed by atoms with Gasteiger partial charge in [-0.2, -0.15) is 0 Å². The molecule has 2 heterocycles. The lowest BCUT2D eigenvalue weighted by Gasteiger charge is -2.19. The van der Waals surface area contributed by atoms with Crippen molar-refractivity contribution in [2.75, 3.05) is 11.9 Å². The number of rotatable bonds is 5. The summed E-state index contributed by atoms with van der Waals surface area (Å²) in [4.78, 5) is 38.2. The first-order chi connectivity index (χ1) is 13.0. The highest BCUT2D eigenvalue weighted by Gasteiger charge is 2.52. The normalized spacial score (nSPS) is 18.5. The van der Waals surface area contributed by atoms with Crippen LogP contribution in [0, 0.1) is 0 Å². The van der Waals surface area contributed by atoms with Crippen LogP contribution < -0.4 is 10.6 Å². The molecule has 7 heteroatoms. The van der Waals surface area contributed by atoms with Gasteiger partial charge in [-0.15, -0.1) is 0 Å². The fourth-order valence-corrected chi connectivity index (χ4v) is 4.19. The van der Waals surface area contributed by atoms with Crippen LogP contribution in [0.4, 0.5) is 10.5 Å². The predicted molar refractivity (Wildman–Crippen MR) is 102 cm³/mol. The number of hydrogen-bond donors (Lipinski definition) is 2. The lowest BCUT2D eigenvalue weighted by molar-refractivity contribution is -0.131. The largest absolute Gasteiger partial charge is 0.348 e. The molecular formula is C20H24N4O3. The minimum Gasteiger partial charge on any atom is -0.348 e. The average molecular weight is 368 g/mol. The van der Waals surface area contributed by atoms with E-state index in [-0.39, 0.29) is 30.8 Å². The summed E-state index contributed by atoms with van der Waals surface area (Å²) in [6.07, 6.45) is 5.39. The van der Waals surface area contributed by atoms with E-state index in [1.54, 1.807) is 0 Å². The van der Waals surface area contributed by atoms with Gasteiger partial charge in [-0.3, -0.25) is 14.5 Å². The number of carbonyl (C=O) groups is 3. The van der Waals surface area contributed by atoms with Crippen LogP contribution in [0.5, 0.6) is 0 Å². The van der Waals surface area contributed by atoms with E-state index >= 15 is 0 Å². The van der Waals surface area contributed by atoms with Crippen LogP contribution in [0.2, 0.25) is 0 Å². The second-order valence-corrected chi connectivity index (χ2v) is 7.35. The van der Waals surface area contributed by atoms with Gasteiger partial charge in [0.25, 0.3) is 5.91 Å². The third kappa shape index (κ3) is 3.07. The molecule has 2 N–H and O–H groups in total. The van der Waals surface area contributed by atoms with E-state index < -0.39 is 5.54 Å². The third-order valence-corrected chi connectivity index (χ3v) is 5.66. The Balaban J connectivity index is 1.37. The molecular weight excluding hydrogens is 344 g/mol. The van der Waals surface area contributed by atoms with Crippen molar-refractivity contribution >= 4 is 34.4 Å². The van der Waals surface area contributed by atoms with Crippen molar-refractivity contribution in [1.82, 2.24) is 14.8 Å². The average Bonchev–Trinajstić information content (AvgIpc) is 3.33. The van der Waals surface area contributed by atoms with E-state index in [0.717, 1.165) is 30.3 Å². The van der Waals surface area contributed by atoms with Gasteiger partial charge in [0.1, 0.15) is 5.54 Å². The minimum absolute atomic E-state index is 0.0866. The van der Waals surface area contributed by atoms with E-state index in [4.69, 9.17) is 0 Å². The summed E-state index contributed by atoms with van der Waals surface area (Å²) in [5, 5.41) is 6.75. The Morgan fingerprint density at radius 3 is 2.74 bits per heavy atom. The number of benzene rings is 1. The zero-order valence-electron chi connectivity index (χ0n) is 15.5. The van der Waals surface area contributed by atoms with Gasteiger partial charge in [0.2, 0.25) is 5.91 Å². The third-order valence-electron chi connectivity index (χ3n) is 5.66. The molecule has 2 aromatic rings. The van der Waals surface area contributed by atoms with Gasteiger partial charge in [0, 0.05) is 42.3 Å². The summed E-state index contributed by atoms with van der Waals surface area (Å²) >= 11 is 0. The first-order valence-electron chi connectivity index (χ1n) is 9.55. The Kier molecular flexibility index (Phi) is 4.37. The maximum Gasteiger partial charge on any atom is 0.325 e. The first-order valence-corrected chi connectivity index (χ1v) is 9.55. The van der Waals surface area contributed by atoms with Gasteiger partial charge in [-0.05, 0) is 44.0 Å². The number of anilines is 1. The molecule has 1 saturated heterocycles. The summed E-state index contributed by atoms with van der Waals surface area (Å²) in [6, 6.07) is 7.42. The molecule has 0 atom stereocenters. The second kappa shape index (κ2) is 6.72. The highest BCUT2D eigenvalue weighted by molar-refractivity contribution is 6.07. The molecule has 0 bridgehead atoms. The summed E-state index contributed by atoms with van der Waals surface area (Å²) < 4.78 is 2.14. The molecule has 4 rings (SSSR count). The topological polar surface area (TPSA) is 83.4 Å². The second-order valence-electron chi connectivity index (χ2n) is 7.35. The van der Waals surface area contributed by atoms with Gasteiger partial charge in [-0.25, -0.2) is 4.79 Å². The zero-order valence-corrected chi connectivity index (χ0v) is 15.5. The standard InChI is InChI=1S/C20H24N4O3/c1-2-23-11-7-14-13-15(5-6-16(14)23)21-17(25)8-12-24-18(26)20(22-19(24)27)9-3-4-10-20/h5-7,11,13H,2-4,8-10,12H2,1H3,(H,21,25)(H,22,27). The number of urea groups is 1. The number of carbonyl (C=O) groups excluding carboxylic acids is 3. The van der Waals surface area contributed by atoms with E-state index in [1.165, 1.54) is 4.90 Å². The van der Waals surface area contributed by atoms with Crippen molar-refractivity contribution in [3.05, 3.63) is 30.5 Å². The van der Waals surface area contributed by atoms with Crippen LogP contribution >= 0.6 is 0 Å². The molecule has 7 nitrogen and oxygen atoms in total. The maximum absolute atomic E-state index is 12.6. The van der Waals surface area contributed by atoms with E-state index in [2.05, 4.69) is 22.1 Å². The molecule has 0 unspecified atom stereocenters. The number of amides is 4. The van der Waals surface area contributed by atoms with Gasteiger partial charge >= 0.3 is 6.03 Å². The van der Waals surface area contributed by atoms with Crippen molar-refractivity contribution in [3.8, 4) is 0 Å². The molecule has 142 valence electrons. The lowest BCUT2D eigenvalue weighted by atomic mass is 9.98. The first kappa shape index (κ1) is 17.6. The van der Waals surface area contributed by atoms with Crippen LogP contribution in [-0.4, -0.2) is 39.4 Å². The fraction of sp³-hybridized carbons (Fsp3) is 0.450. The molecule has 1 aliphatic heterocycles. The number of imide groups is 1. The van der Waals surface area contributed by atoms with Crippen LogP contribution in [0.3, 0.4) is 0 Å². The zero-order chi connectivity index (χ0) is 19.0. The molecule has 1 spiro atoms. The monoisotopic (exact) mass is 368 g/mol. The molecule has 1 aromatic carbocycles. The molecule has 1 aliphatic carbocycles. The van der Waals surface area contributed by atoms with Crippen molar-refractivity contribution in [2.45, 2.75) is 51.1 Å². The number of aromatic nitrogens is 1. The summed E-state index contributed by atoms with van der Waals surface area (Å²) in [5.41, 5.74) is 1.12. The van der Waals surface area contributed by atoms with Crippen LogP contribution in [0.25, 0.3) is 10.9 Å². The van der Waals surface area contributed by atoms with E-state index in [1.807, 2.05) is 30.5 Å². The van der Waals surface area contributed by atoms with Gasteiger partial charge < -0.3 is 15.2 Å². The number of aryl methyl sites for hydroxylation is 1. The van der Waals surface area contributed by atoms with Crippen LogP contribution in [0.1, 0.15) is 39.0 Å². The van der Waals surface area contributed by atoms with Gasteiger partial charge in [-0.1, -0.05) is 12.8 Å². The summed E-state index contributed by atoms with van der Waals surface area (Å²) in [7, 11) is 0. The smallest absolute Gasteiger partial charge is 0.325 e. The van der Waals surface area contributed by atoms with Crippen molar-refractivity contribution in [3.63, 3.8) is 0 Å².